The third-order valence-corrected chi connectivity index (χ3v) is 8.80. The van der Waals surface area contributed by atoms with E-state index in [0.29, 0.717) is 17.3 Å². The summed E-state index contributed by atoms with van der Waals surface area (Å²) in [6.45, 7) is 5.23. The van der Waals surface area contributed by atoms with Gasteiger partial charge in [0.1, 0.15) is 36.8 Å². The Hall–Kier alpha value is -1.30. The minimum Gasteiger partial charge on any atom is -0.492 e. The maximum atomic E-state index is 12.2. The van der Waals surface area contributed by atoms with Crippen molar-refractivity contribution in [2.45, 2.75) is 75.8 Å². The fourth-order valence-corrected chi connectivity index (χ4v) is 5.43. The van der Waals surface area contributed by atoms with E-state index in [-0.39, 0.29) is 48.3 Å². The van der Waals surface area contributed by atoms with Gasteiger partial charge in [0.05, 0.1) is 25.4 Å². The maximum absolute atomic E-state index is 12.2. The third kappa shape index (κ3) is 13.6. The summed E-state index contributed by atoms with van der Waals surface area (Å²) < 4.78 is 5.89. The SMILES string of the molecule is CC(C)C(=O)SCc1ccc(OCCN(C[C@H](O)[C@@H](O)[C@H](O)CO)C[C@H](O)[C@@H](O)[C@H](O)CO)cc1CSC(=O)C(C)C. The lowest BCUT2D eigenvalue weighted by molar-refractivity contribution is -0.114. The maximum Gasteiger partial charge on any atom is 0.191 e. The van der Waals surface area contributed by atoms with Gasteiger partial charge in [-0.3, -0.25) is 14.5 Å². The highest BCUT2D eigenvalue weighted by Crippen LogP contribution is 2.28. The molecular formula is C28H47NO11S2. The van der Waals surface area contributed by atoms with Gasteiger partial charge in [0, 0.05) is 43.0 Å². The molecule has 1 aromatic rings. The first-order chi connectivity index (χ1) is 19.7. The van der Waals surface area contributed by atoms with Gasteiger partial charge in [-0.05, 0) is 23.3 Å². The van der Waals surface area contributed by atoms with Crippen LogP contribution in [0.2, 0.25) is 0 Å². The highest BCUT2D eigenvalue weighted by molar-refractivity contribution is 8.13. The summed E-state index contributed by atoms with van der Waals surface area (Å²) in [5.74, 6) is 1.05. The molecule has 1 rings (SSSR count). The van der Waals surface area contributed by atoms with Crippen LogP contribution in [0.25, 0.3) is 0 Å². The summed E-state index contributed by atoms with van der Waals surface area (Å²) in [6.07, 6.45) is -9.65. The van der Waals surface area contributed by atoms with Gasteiger partial charge in [-0.25, -0.2) is 0 Å². The van der Waals surface area contributed by atoms with Crippen LogP contribution in [0.15, 0.2) is 18.2 Å². The molecule has 0 amide bonds. The standard InChI is InChI=1S/C28H47NO11S2/c1-16(2)27(38)41-14-18-5-6-20(9-19(18)15-42-28(39)17(3)4)40-8-7-29(10-21(32)25(36)23(34)12-30)11-22(33)26(37)24(35)13-31/h5-6,9,16-17,21-26,30-37H,7-8,10-15H2,1-4H3/t21-,22-,23+,24+,25+,26+/m0/s1. The molecule has 14 heteroatoms. The first-order valence-electron chi connectivity index (χ1n) is 13.8. The molecule has 0 spiro atoms. The Morgan fingerprint density at radius 3 is 1.62 bits per heavy atom. The molecule has 0 saturated carbocycles. The Morgan fingerprint density at radius 2 is 1.19 bits per heavy atom. The molecule has 0 radical (unpaired) electrons. The number of carbonyl (C=O) groups excluding carboxylic acids is 2. The van der Waals surface area contributed by atoms with Gasteiger partial charge in [0.25, 0.3) is 0 Å². The molecule has 0 heterocycles. The van der Waals surface area contributed by atoms with Crippen LogP contribution in [0.3, 0.4) is 0 Å². The molecule has 1 aromatic carbocycles. The minimum atomic E-state index is -1.69. The molecule has 42 heavy (non-hydrogen) atoms. The van der Waals surface area contributed by atoms with E-state index in [4.69, 9.17) is 14.9 Å². The number of aliphatic hydroxyl groups is 8. The number of benzene rings is 1. The van der Waals surface area contributed by atoms with Gasteiger partial charge in [0.15, 0.2) is 10.2 Å². The van der Waals surface area contributed by atoms with Gasteiger partial charge < -0.3 is 45.6 Å². The smallest absolute Gasteiger partial charge is 0.191 e. The molecule has 0 aliphatic heterocycles. The monoisotopic (exact) mass is 637 g/mol. The fourth-order valence-electron chi connectivity index (χ4n) is 3.62. The predicted molar refractivity (Wildman–Crippen MR) is 161 cm³/mol. The topological polar surface area (TPSA) is 208 Å². The number of hydrogen-bond donors (Lipinski definition) is 8. The van der Waals surface area contributed by atoms with Crippen molar-refractivity contribution < 1.29 is 55.2 Å². The summed E-state index contributed by atoms with van der Waals surface area (Å²) in [7, 11) is 0. The van der Waals surface area contributed by atoms with Crippen molar-refractivity contribution in [1.29, 1.82) is 0 Å². The Bertz CT molecular complexity index is 928. The largest absolute Gasteiger partial charge is 0.492 e. The van der Waals surface area contributed by atoms with Crippen LogP contribution in [-0.4, -0.2) is 132 Å². The second-order valence-corrected chi connectivity index (χ2v) is 12.6. The number of ether oxygens (including phenoxy) is 1. The van der Waals surface area contributed by atoms with Gasteiger partial charge in [-0.2, -0.15) is 0 Å². The van der Waals surface area contributed by atoms with Crippen LogP contribution in [0.5, 0.6) is 5.75 Å². The Balaban J connectivity index is 3.02. The molecule has 0 aliphatic rings. The summed E-state index contributed by atoms with van der Waals surface area (Å²) in [4.78, 5) is 25.8. The normalized spacial score (nSPS) is 16.4. The average molecular weight is 638 g/mol. The fraction of sp³-hybridized carbons (Fsp3) is 0.714. The first kappa shape index (κ1) is 38.7. The Labute approximate surface area is 255 Å². The number of carbonyl (C=O) groups is 2. The van der Waals surface area contributed by atoms with E-state index < -0.39 is 49.8 Å². The number of thioether (sulfide) groups is 2. The van der Waals surface area contributed by atoms with Gasteiger partial charge >= 0.3 is 0 Å². The lowest BCUT2D eigenvalue weighted by Crippen LogP contribution is -2.51. The zero-order valence-electron chi connectivity index (χ0n) is 24.6. The van der Waals surface area contributed by atoms with Crippen molar-refractivity contribution in [2.24, 2.45) is 11.8 Å². The lowest BCUT2D eigenvalue weighted by atomic mass is 10.1. The molecule has 0 aromatic heterocycles. The molecule has 6 atom stereocenters. The Kier molecular flexibility index (Phi) is 18.3. The van der Waals surface area contributed by atoms with Crippen LogP contribution < -0.4 is 4.74 Å². The number of nitrogens with zero attached hydrogens (tertiary/aromatic N) is 1. The van der Waals surface area contributed by atoms with Crippen molar-refractivity contribution in [1.82, 2.24) is 4.90 Å². The second kappa shape index (κ2) is 19.9. The molecule has 242 valence electrons. The summed E-state index contributed by atoms with van der Waals surface area (Å²) in [5, 5.41) is 78.4. The van der Waals surface area contributed by atoms with Crippen LogP contribution >= 0.6 is 23.5 Å². The van der Waals surface area contributed by atoms with Gasteiger partial charge in [-0.1, -0.05) is 57.3 Å². The summed E-state index contributed by atoms with van der Waals surface area (Å²) in [6, 6.07) is 5.34. The average Bonchev–Trinajstić information content (AvgIpc) is 2.96. The van der Waals surface area contributed by atoms with Crippen LogP contribution in [-0.2, 0) is 21.1 Å². The lowest BCUT2D eigenvalue weighted by Gasteiger charge is -2.32. The van der Waals surface area contributed by atoms with E-state index in [1.807, 2.05) is 33.8 Å². The zero-order chi connectivity index (χ0) is 32.0. The first-order valence-corrected chi connectivity index (χ1v) is 15.8. The Morgan fingerprint density at radius 1 is 0.738 bits per heavy atom. The third-order valence-electron chi connectivity index (χ3n) is 6.38. The molecule has 12 nitrogen and oxygen atoms in total. The molecule has 0 saturated heterocycles. The van der Waals surface area contributed by atoms with E-state index >= 15 is 0 Å². The zero-order valence-corrected chi connectivity index (χ0v) is 26.2. The van der Waals surface area contributed by atoms with Crippen LogP contribution in [0.1, 0.15) is 38.8 Å². The molecule has 8 N–H and O–H groups in total. The quantitative estimate of drug-likeness (QED) is 0.0894. The number of aliphatic hydroxyl groups excluding tert-OH is 8. The highest BCUT2D eigenvalue weighted by Gasteiger charge is 2.30. The van der Waals surface area contributed by atoms with Crippen LogP contribution in [0.4, 0.5) is 0 Å². The van der Waals surface area contributed by atoms with E-state index in [2.05, 4.69) is 0 Å². The van der Waals surface area contributed by atoms with E-state index in [9.17, 15) is 40.2 Å². The van der Waals surface area contributed by atoms with Crippen LogP contribution in [0, 0.1) is 11.8 Å². The minimum absolute atomic E-state index is 0.0220. The number of hydrogen-bond acceptors (Lipinski definition) is 14. The van der Waals surface area contributed by atoms with Crippen molar-refractivity contribution in [3.63, 3.8) is 0 Å². The van der Waals surface area contributed by atoms with E-state index in [1.165, 1.54) is 28.4 Å². The van der Waals surface area contributed by atoms with Crippen molar-refractivity contribution in [2.75, 3.05) is 39.5 Å². The summed E-state index contributed by atoms with van der Waals surface area (Å²) in [5.41, 5.74) is 1.73. The van der Waals surface area contributed by atoms with Crippen molar-refractivity contribution in [3.8, 4) is 5.75 Å². The molecule has 0 aliphatic carbocycles. The molecule has 0 fully saturated rings. The molecular weight excluding hydrogens is 590 g/mol. The van der Waals surface area contributed by atoms with Crippen molar-refractivity contribution >= 4 is 33.8 Å². The molecule has 0 bridgehead atoms. The molecule has 0 unspecified atom stereocenters. The van der Waals surface area contributed by atoms with Crippen molar-refractivity contribution in [3.05, 3.63) is 29.3 Å². The van der Waals surface area contributed by atoms with Gasteiger partial charge in [0.2, 0.25) is 0 Å². The van der Waals surface area contributed by atoms with Gasteiger partial charge in [-0.15, -0.1) is 0 Å². The highest BCUT2D eigenvalue weighted by atomic mass is 32.2. The summed E-state index contributed by atoms with van der Waals surface area (Å²) >= 11 is 2.39. The van der Waals surface area contributed by atoms with E-state index in [1.54, 1.807) is 12.1 Å². The second-order valence-electron chi connectivity index (χ2n) is 10.7. The number of rotatable bonds is 20. The van der Waals surface area contributed by atoms with E-state index in [0.717, 1.165) is 11.1 Å². The predicted octanol–water partition coefficient (Wildman–Crippen LogP) is -0.651.